The quantitative estimate of drug-likeness (QED) is 0.0191. The Morgan fingerprint density at radius 3 is 0.929 bits per heavy atom. The molecule has 0 heterocycles. The molecule has 0 amide bonds. The van der Waals surface area contributed by atoms with E-state index in [9.17, 15) is 97.8 Å². The molecule has 0 spiro atoms. The van der Waals surface area contributed by atoms with Gasteiger partial charge in [-0.25, -0.2) is 39.2 Å². The number of carboxylic acids is 8. The third-order valence-corrected chi connectivity index (χ3v) is 19.6. The van der Waals surface area contributed by atoms with Crippen LogP contribution in [0, 0.1) is 30.4 Å². The first-order chi connectivity index (χ1) is 45.1. The van der Waals surface area contributed by atoms with Crippen LogP contribution in [0.25, 0.3) is 0 Å². The van der Waals surface area contributed by atoms with Crippen LogP contribution in [0.4, 0.5) is 17.6 Å². The van der Waals surface area contributed by atoms with E-state index in [0.717, 1.165) is 42.5 Å². The van der Waals surface area contributed by atoms with Crippen LogP contribution in [0.1, 0.15) is 121 Å². The Labute approximate surface area is 574 Å². The van der Waals surface area contributed by atoms with Gasteiger partial charge in [0.1, 0.15) is 20.2 Å². The van der Waals surface area contributed by atoms with Crippen molar-refractivity contribution in [2.45, 2.75) is 104 Å². The summed E-state index contributed by atoms with van der Waals surface area (Å²) in [5, 5.41) is 74.2. The van der Waals surface area contributed by atoms with Gasteiger partial charge in [-0.2, -0.15) is 0 Å². The van der Waals surface area contributed by atoms with E-state index in [2.05, 4.69) is 181 Å². The molecule has 0 aliphatic rings. The van der Waals surface area contributed by atoms with Crippen LogP contribution in [-0.2, 0) is 61.1 Å². The van der Waals surface area contributed by atoms with Crippen molar-refractivity contribution in [2.24, 2.45) is 0 Å². The predicted molar refractivity (Wildman–Crippen MR) is 327 cm³/mol. The first kappa shape index (κ1) is 86.2. The zero-order chi connectivity index (χ0) is 73.8. The second-order valence-corrected chi connectivity index (χ2v) is 28.3. The summed E-state index contributed by atoms with van der Waals surface area (Å²) in [6, 6.07) is 58.8. The van der Waals surface area contributed by atoms with Gasteiger partial charge >= 0.3 is 33.1 Å². The summed E-state index contributed by atoms with van der Waals surface area (Å²) in [4.78, 5) is 80.3. The number of halogens is 5. The monoisotopic (exact) mass is 1530 g/mol. The Morgan fingerprint density at radius 1 is 0.439 bits per heavy atom. The highest BCUT2D eigenvalue weighted by molar-refractivity contribution is 7.97. The number of carbonyl (C=O) groups is 8. The van der Waals surface area contributed by atoms with E-state index >= 15 is 0 Å². The number of carboxylic acid groups (broad SMARTS) is 8. The molecule has 0 saturated carbocycles. The maximum atomic E-state index is 12.8. The highest BCUT2D eigenvalue weighted by Crippen LogP contribution is 2.31. The van der Waals surface area contributed by atoms with Gasteiger partial charge in [0.15, 0.2) is 51.1 Å². The zero-order valence-corrected chi connectivity index (χ0v) is 56.3. The Morgan fingerprint density at radius 2 is 0.724 bits per heavy atom. The van der Waals surface area contributed by atoms with Gasteiger partial charge in [0.05, 0.1) is 57.0 Å². The van der Waals surface area contributed by atoms with Crippen molar-refractivity contribution >= 4 is 78.9 Å². The third-order valence-electron chi connectivity index (χ3n) is 13.1. The lowest BCUT2D eigenvalue weighted by Gasteiger charge is -2.23. The molecule has 0 fully saturated rings. The van der Waals surface area contributed by atoms with Crippen LogP contribution < -0.4 is 51.8 Å². The normalized spacial score (nSPS) is 10.6. The van der Waals surface area contributed by atoms with Crippen LogP contribution in [0.2, 0.25) is 0 Å². The number of aliphatic carboxylic acids is 4. The highest BCUT2D eigenvalue weighted by Gasteiger charge is 2.29. The van der Waals surface area contributed by atoms with Crippen molar-refractivity contribution in [3.05, 3.63) is 252 Å². The van der Waals surface area contributed by atoms with Gasteiger partial charge in [0, 0.05) is 11.1 Å². The summed E-state index contributed by atoms with van der Waals surface area (Å²) in [6.45, 7) is 13.8. The Bertz CT molecular complexity index is 3940. The van der Waals surface area contributed by atoms with Crippen LogP contribution in [-0.4, -0.2) is 83.9 Å². The van der Waals surface area contributed by atoms with Crippen molar-refractivity contribution in [3.8, 4) is 0 Å². The Kier molecular flexibility index (Phi) is 35.2. The number of benzene rings is 8. The Hall–Kier alpha value is -9.86. The summed E-state index contributed by atoms with van der Waals surface area (Å²) >= 11 is -0.0793. The standard InChI is InChI=1S/C22H30I.C18H15S.C8H2F4O4.C8H6O4.C6H6O6S2.C3H4O4.C2H2O4.CH4/c1-7-21(3,4)17-9-13-19(14-10-17)23-20-15-11-18(12-16-20)22(5,6)8-2;1-4-10-16(11-5-1)19(17-12-6-2-7-13-17)18-14-8-3-9-15-18;9-3-1(7(13)14)2(8(15)16)4(10)6(12)5(3)11;9-7(10)5-1-2-6(4-3-5)8(11)12;7-13(8,9)5-2-1-3-6(4-5)14(10,11)12;4-2(5)1-3(6)7;3-1(4)2(5)6;/h9-16H,7-8H2,1-6H3;1-15H;(H,13,14)(H,15,16);1-4H,(H,9,10)(H,11,12);1-4H,(H,7,8,9)(H,10,11,12);1H2,(H,4,5)(H,6,7);(H,3,4)(H,5,6);1H4/q2*+1;;;;;;/p-8. The molecule has 0 saturated heterocycles. The largest absolute Gasteiger partial charge is 0.744 e. The highest BCUT2D eigenvalue weighted by atomic mass is 127. The molecule has 8 aromatic carbocycles. The summed E-state index contributed by atoms with van der Waals surface area (Å²) < 4.78 is 117. The third kappa shape index (κ3) is 28.5. The van der Waals surface area contributed by atoms with Gasteiger partial charge < -0.3 is 78.7 Å². The fraction of sp³-hybridized carbons (Fsp3) is 0.176. The molecule has 98 heavy (non-hydrogen) atoms. The van der Waals surface area contributed by atoms with Crippen molar-refractivity contribution in [1.29, 1.82) is 0 Å². The second kappa shape index (κ2) is 40.0. The molecule has 22 nitrogen and oxygen atoms in total. The van der Waals surface area contributed by atoms with E-state index in [0.29, 0.717) is 6.07 Å². The lowest BCUT2D eigenvalue weighted by molar-refractivity contribution is -0.597. The van der Waals surface area contributed by atoms with Gasteiger partial charge in [0.25, 0.3) is 0 Å². The first-order valence-corrected chi connectivity index (χ1v) is 33.8. The predicted octanol–water partition coefficient (Wildman–Crippen LogP) is 1.52. The summed E-state index contributed by atoms with van der Waals surface area (Å²) in [5.74, 6) is -24.2. The first-order valence-electron chi connectivity index (χ1n) is 27.6. The minimum atomic E-state index is -4.74. The molecular weight excluding hydrogens is 1470 g/mol. The van der Waals surface area contributed by atoms with Crippen molar-refractivity contribution < 1.29 is 144 Å². The summed E-state index contributed by atoms with van der Waals surface area (Å²) in [7, 11) is -9.49. The lowest BCUT2D eigenvalue weighted by atomic mass is 9.82. The molecule has 0 aromatic heterocycles. The molecule has 0 aliphatic heterocycles. The van der Waals surface area contributed by atoms with E-state index in [-0.39, 0.29) is 61.5 Å². The van der Waals surface area contributed by atoms with Crippen LogP contribution in [0.3, 0.4) is 0 Å². The molecular formula is C68H61F4IO22S3-6. The zero-order valence-electron chi connectivity index (χ0n) is 51.7. The van der Waals surface area contributed by atoms with Gasteiger partial charge in [-0.1, -0.05) is 158 Å². The number of aromatic carboxylic acids is 4. The number of hydrogen-bond donors (Lipinski definition) is 2. The fourth-order valence-corrected chi connectivity index (χ4v) is 12.6. The lowest BCUT2D eigenvalue weighted by Crippen LogP contribution is -3.61. The average Bonchev–Trinajstić information content (AvgIpc) is 0.793. The van der Waals surface area contributed by atoms with Crippen LogP contribution in [0.15, 0.2) is 213 Å². The van der Waals surface area contributed by atoms with Gasteiger partial charge in [0.2, 0.25) is 0 Å². The van der Waals surface area contributed by atoms with Gasteiger partial charge in [-0.05, 0) is 125 Å². The minimum Gasteiger partial charge on any atom is -0.744 e. The summed E-state index contributed by atoms with van der Waals surface area (Å²) in [5.41, 5.74) is -0.512. The Balaban J connectivity index is 0.000000592. The maximum Gasteiger partial charge on any atom is 0.357 e. The van der Waals surface area contributed by atoms with E-state index < -0.39 is 119 Å². The number of rotatable bonds is 17. The molecule has 0 radical (unpaired) electrons. The minimum absolute atomic E-state index is 0. The molecule has 8 aromatic rings. The van der Waals surface area contributed by atoms with E-state index in [1.165, 1.54) is 45.8 Å². The summed E-state index contributed by atoms with van der Waals surface area (Å²) in [6.07, 6.45) is 1.44. The average molecular weight is 1530 g/mol. The van der Waals surface area contributed by atoms with E-state index in [1.54, 1.807) is 0 Å². The smallest absolute Gasteiger partial charge is 0.357 e. The molecule has 0 bridgehead atoms. The van der Waals surface area contributed by atoms with E-state index in [1.807, 2.05) is 0 Å². The fourth-order valence-electron chi connectivity index (χ4n) is 7.21. The molecule has 0 aliphatic carbocycles. The van der Waals surface area contributed by atoms with Gasteiger partial charge in [-0.3, -0.25) is 4.79 Å². The molecule has 0 unspecified atom stereocenters. The topological polar surface area (TPSA) is 430 Å². The second-order valence-electron chi connectivity index (χ2n) is 20.5. The van der Waals surface area contributed by atoms with Crippen molar-refractivity contribution in [3.63, 3.8) is 0 Å². The molecule has 524 valence electrons. The van der Waals surface area contributed by atoms with Crippen LogP contribution >= 0.6 is 0 Å². The van der Waals surface area contributed by atoms with Gasteiger partial charge in [-0.15, -0.1) is 0 Å². The maximum absolute atomic E-state index is 12.8. The van der Waals surface area contributed by atoms with Crippen molar-refractivity contribution in [2.75, 3.05) is 0 Å². The van der Waals surface area contributed by atoms with Crippen molar-refractivity contribution in [1.82, 2.24) is 0 Å². The molecule has 30 heteroatoms. The van der Waals surface area contributed by atoms with E-state index in [4.69, 9.17) is 24.9 Å². The molecule has 8 rings (SSSR count). The number of hydrogen-bond acceptors (Lipinski definition) is 20. The number of carbonyl (C=O) groups excluding carboxylic acids is 6. The van der Waals surface area contributed by atoms with Crippen LogP contribution in [0.5, 0.6) is 0 Å². The molecule has 2 N–H and O–H groups in total. The molecule has 0 atom stereocenters. The SMILES string of the molecule is C.CCC(C)(C)c1ccc([I+]c2ccc(C(C)(C)CC)cc2)cc1.O=C([O-])C(=O)O.O=C([O-])CC(=O)O.O=C([O-])c1c(F)c(F)c(F)c(F)c1C(=O)[O-].O=C([O-])c1ccc(C(=O)[O-])cc1.O=S(=O)([O-])c1cccc(S(=O)(=O)[O-])c1.c1ccc([S+](c2ccccc2)c2ccccc2)cc1.